The molecule has 8 heavy (non-hydrogen) atoms. The molecule has 0 heterocycles. The van der Waals surface area contributed by atoms with Crippen molar-refractivity contribution in [3.63, 3.8) is 0 Å². The average Bonchev–Trinajstić information content (AvgIpc) is 1.76. The maximum atomic E-state index is 2.99. The Balaban J connectivity index is -0.0000000833. The summed E-state index contributed by atoms with van der Waals surface area (Å²) >= 11 is 0. The fourth-order valence-electron chi connectivity index (χ4n) is 0.340. The number of allylic oxidation sites excluding steroid dienone is 4. The molecule has 0 saturated carbocycles. The molecule has 0 aromatic rings. The van der Waals surface area contributed by atoms with Crippen LogP contribution in [0.4, 0.5) is 0 Å². The maximum absolute atomic E-state index is 2.99. The van der Waals surface area contributed by atoms with Crippen molar-refractivity contribution in [2.45, 2.75) is 6.42 Å². The van der Waals surface area contributed by atoms with Crippen LogP contribution < -0.4 is 0 Å². The first-order valence-corrected chi connectivity index (χ1v) is 1.72. The second kappa shape index (κ2) is 11.5. The number of hydrogen-bond acceptors (Lipinski definition) is 0. The molecule has 0 unspecified atom stereocenters. The molecule has 3 heteroatoms. The van der Waals surface area contributed by atoms with Crippen LogP contribution in [0.15, 0.2) is 18.2 Å². The van der Waals surface area contributed by atoms with Crippen LogP contribution in [0.25, 0.3) is 0 Å². The van der Waals surface area contributed by atoms with Gasteiger partial charge in [-0.25, -0.2) is 12.2 Å². The zero-order valence-electron chi connectivity index (χ0n) is 4.26. The zero-order chi connectivity index (χ0) is 3.54. The van der Waals surface area contributed by atoms with Crippen molar-refractivity contribution in [2.75, 3.05) is 0 Å². The third-order valence-electron chi connectivity index (χ3n) is 0.586. The third kappa shape index (κ3) is 7.65. The molecule has 0 saturated heterocycles. The van der Waals surface area contributed by atoms with Gasteiger partial charge in [-0.05, 0) is 0 Å². The first-order valence-electron chi connectivity index (χ1n) is 1.72. The van der Waals surface area contributed by atoms with Gasteiger partial charge >= 0.3 is 0 Å². The molecule has 0 amide bonds. The van der Waals surface area contributed by atoms with Crippen LogP contribution >= 0.6 is 48.0 Å². The maximum Gasteiger partial charge on any atom is 0 e. The molecule has 0 N–H and O–H groups in total. The minimum atomic E-state index is 0. The third-order valence-corrected chi connectivity index (χ3v) is 0.586. The standard InChI is InChI=1S/C5H5.2HI.Ti/c1-2-4-5-3-1;;;/h1-3H,4H2;2*1H;/q-1;;;. The molecule has 46 valence electrons. The Bertz CT molecular complexity index is 68.5. The zero-order valence-corrected chi connectivity index (χ0v) is 10.5. The van der Waals surface area contributed by atoms with Gasteiger partial charge in [0.15, 0.2) is 0 Å². The summed E-state index contributed by atoms with van der Waals surface area (Å²) in [6, 6.07) is 0. The van der Waals surface area contributed by atoms with E-state index in [2.05, 4.69) is 12.2 Å². The van der Waals surface area contributed by atoms with Gasteiger partial charge in [0.25, 0.3) is 0 Å². The molecule has 0 spiro atoms. The van der Waals surface area contributed by atoms with E-state index in [1.807, 2.05) is 12.2 Å². The van der Waals surface area contributed by atoms with Gasteiger partial charge in [0.2, 0.25) is 0 Å². The Morgan fingerprint density at radius 2 is 1.88 bits per heavy atom. The number of halogens is 2. The minimum Gasteiger partial charge on any atom is -0.273 e. The summed E-state index contributed by atoms with van der Waals surface area (Å²) in [5.74, 6) is 0. The molecule has 0 aromatic carbocycles. The smallest absolute Gasteiger partial charge is 0 e. The van der Waals surface area contributed by atoms with Crippen molar-refractivity contribution >= 4 is 48.0 Å². The fourth-order valence-corrected chi connectivity index (χ4v) is 0.340. The summed E-state index contributed by atoms with van der Waals surface area (Å²) in [4.78, 5) is 0. The van der Waals surface area contributed by atoms with Crippen molar-refractivity contribution in [2.24, 2.45) is 0 Å². The van der Waals surface area contributed by atoms with Crippen LogP contribution in [-0.2, 0) is 21.7 Å². The van der Waals surface area contributed by atoms with Gasteiger partial charge in [-0.1, -0.05) is 0 Å². The van der Waals surface area contributed by atoms with Crippen LogP contribution in [0, 0.1) is 6.08 Å². The van der Waals surface area contributed by atoms with E-state index in [4.69, 9.17) is 0 Å². The number of rotatable bonds is 0. The molecular weight excluding hydrogens is 362 g/mol. The summed E-state index contributed by atoms with van der Waals surface area (Å²) in [6.45, 7) is 0. The van der Waals surface area contributed by atoms with Crippen LogP contribution in [0.1, 0.15) is 6.42 Å². The Kier molecular flexibility index (Phi) is 23.4. The molecule has 0 atom stereocenters. The summed E-state index contributed by atoms with van der Waals surface area (Å²) in [6.07, 6.45) is 10.0. The monoisotopic (exact) mass is 369 g/mol. The van der Waals surface area contributed by atoms with Crippen molar-refractivity contribution in [3.8, 4) is 0 Å². The predicted octanol–water partition coefficient (Wildman–Crippen LogP) is 2.54. The summed E-state index contributed by atoms with van der Waals surface area (Å²) in [7, 11) is 0. The molecule has 1 aliphatic carbocycles. The van der Waals surface area contributed by atoms with Gasteiger partial charge in [0.05, 0.1) is 0 Å². The average molecular weight is 369 g/mol. The van der Waals surface area contributed by atoms with Gasteiger partial charge in [-0.15, -0.1) is 54.4 Å². The molecule has 0 radical (unpaired) electrons. The van der Waals surface area contributed by atoms with E-state index in [9.17, 15) is 0 Å². The molecule has 0 bridgehead atoms. The second-order valence-electron chi connectivity index (χ2n) is 1.00. The molecule has 0 aliphatic heterocycles. The van der Waals surface area contributed by atoms with E-state index in [0.717, 1.165) is 6.42 Å². The Hall–Kier alpha value is 1.65. The normalized spacial score (nSPS) is 11.0. The van der Waals surface area contributed by atoms with Crippen LogP contribution in [0.5, 0.6) is 0 Å². The Morgan fingerprint density at radius 3 is 2.00 bits per heavy atom. The van der Waals surface area contributed by atoms with E-state index in [0.29, 0.717) is 0 Å². The summed E-state index contributed by atoms with van der Waals surface area (Å²) in [5.41, 5.74) is 0. The molecule has 0 nitrogen and oxygen atoms in total. The van der Waals surface area contributed by atoms with E-state index in [1.165, 1.54) is 0 Å². The molecule has 1 rings (SSSR count). The fraction of sp³-hybridized carbons (Fsp3) is 0.200. The van der Waals surface area contributed by atoms with Crippen molar-refractivity contribution < 1.29 is 21.7 Å². The largest absolute Gasteiger partial charge is 0.273 e. The molecule has 0 aromatic heterocycles. The second-order valence-corrected chi connectivity index (χ2v) is 1.00. The van der Waals surface area contributed by atoms with Crippen molar-refractivity contribution in [3.05, 3.63) is 24.3 Å². The van der Waals surface area contributed by atoms with Gasteiger partial charge < -0.3 is 0 Å². The van der Waals surface area contributed by atoms with E-state index in [1.54, 1.807) is 0 Å². The SMILES string of the molecule is I.I.[C-]1=CC=CC1.[Ti]. The predicted molar refractivity (Wildman–Crippen MR) is 52.4 cm³/mol. The van der Waals surface area contributed by atoms with Crippen molar-refractivity contribution in [1.29, 1.82) is 0 Å². The Labute approximate surface area is 99.1 Å². The van der Waals surface area contributed by atoms with Crippen LogP contribution in [0.3, 0.4) is 0 Å². The quantitative estimate of drug-likeness (QED) is 0.350. The van der Waals surface area contributed by atoms with E-state index < -0.39 is 0 Å². The molecule has 0 fully saturated rings. The molecular formula is C5H7I2Ti-. The van der Waals surface area contributed by atoms with Gasteiger partial charge in [0.1, 0.15) is 0 Å². The van der Waals surface area contributed by atoms with Crippen molar-refractivity contribution in [1.82, 2.24) is 0 Å². The van der Waals surface area contributed by atoms with Crippen LogP contribution in [0.2, 0.25) is 0 Å². The number of hydrogen-bond donors (Lipinski definition) is 0. The molecule has 1 aliphatic rings. The summed E-state index contributed by atoms with van der Waals surface area (Å²) in [5, 5.41) is 0. The minimum absolute atomic E-state index is 0. The Morgan fingerprint density at radius 1 is 1.25 bits per heavy atom. The first kappa shape index (κ1) is 16.3. The topological polar surface area (TPSA) is 0 Å². The van der Waals surface area contributed by atoms with E-state index >= 15 is 0 Å². The van der Waals surface area contributed by atoms with Gasteiger partial charge in [0, 0.05) is 21.7 Å². The summed E-state index contributed by atoms with van der Waals surface area (Å²) < 4.78 is 0. The first-order chi connectivity index (χ1) is 2.50. The van der Waals surface area contributed by atoms with Crippen LogP contribution in [-0.4, -0.2) is 0 Å². The van der Waals surface area contributed by atoms with E-state index in [-0.39, 0.29) is 69.7 Å². The van der Waals surface area contributed by atoms with Gasteiger partial charge in [-0.3, -0.25) is 6.08 Å². The van der Waals surface area contributed by atoms with Gasteiger partial charge in [-0.2, -0.15) is 6.08 Å².